The maximum absolute atomic E-state index is 4.84. The van der Waals surface area contributed by atoms with Crippen molar-refractivity contribution in [2.45, 2.75) is 0 Å². The molecule has 34 heavy (non-hydrogen) atoms. The van der Waals surface area contributed by atoms with Crippen LogP contribution >= 0.6 is 0 Å². The van der Waals surface area contributed by atoms with E-state index in [2.05, 4.69) is 98.1 Å². The Labute approximate surface area is 195 Å². The lowest BCUT2D eigenvalue weighted by atomic mass is 10.1. The minimum atomic E-state index is 0.661. The van der Waals surface area contributed by atoms with Crippen LogP contribution in [0.3, 0.4) is 0 Å². The van der Waals surface area contributed by atoms with Crippen molar-refractivity contribution in [3.8, 4) is 22.9 Å². The molecule has 5 nitrogen and oxygen atoms in total. The standard InChI is InChI=1S/C29H19N5/c1-2-8-21(9-3-1)34-25-11-5-4-10-22(25)28-23-15-18-33(24(23)12-13-26(28)34)27-14-17-31-29(32-27)20-7-6-16-30-19-20/h1-19H. The molecule has 0 aliphatic heterocycles. The van der Waals surface area contributed by atoms with E-state index >= 15 is 0 Å². The van der Waals surface area contributed by atoms with Gasteiger partial charge in [0, 0.05) is 52.2 Å². The first-order valence-electron chi connectivity index (χ1n) is 11.2. The van der Waals surface area contributed by atoms with E-state index in [-0.39, 0.29) is 0 Å². The van der Waals surface area contributed by atoms with Crippen LogP contribution in [0.4, 0.5) is 0 Å². The molecule has 5 heteroatoms. The third-order valence-corrected chi connectivity index (χ3v) is 6.33. The molecule has 4 heterocycles. The molecule has 0 aliphatic carbocycles. The lowest BCUT2D eigenvalue weighted by molar-refractivity contribution is 1.02. The van der Waals surface area contributed by atoms with E-state index in [9.17, 15) is 0 Å². The van der Waals surface area contributed by atoms with Crippen LogP contribution in [-0.2, 0) is 0 Å². The molecule has 0 bridgehead atoms. The molecular weight excluding hydrogens is 418 g/mol. The number of nitrogens with zero attached hydrogens (tertiary/aromatic N) is 5. The summed E-state index contributed by atoms with van der Waals surface area (Å²) in [5.74, 6) is 1.49. The summed E-state index contributed by atoms with van der Waals surface area (Å²) in [6.45, 7) is 0. The van der Waals surface area contributed by atoms with Crippen LogP contribution < -0.4 is 0 Å². The van der Waals surface area contributed by atoms with Crippen LogP contribution in [0.15, 0.2) is 116 Å². The van der Waals surface area contributed by atoms with Gasteiger partial charge in [-0.1, -0.05) is 36.4 Å². The van der Waals surface area contributed by atoms with E-state index in [1.54, 1.807) is 18.6 Å². The number of benzene rings is 3. The second-order valence-corrected chi connectivity index (χ2v) is 8.25. The Balaban J connectivity index is 1.49. The van der Waals surface area contributed by atoms with Gasteiger partial charge >= 0.3 is 0 Å². The highest BCUT2D eigenvalue weighted by Crippen LogP contribution is 2.37. The van der Waals surface area contributed by atoms with Crippen molar-refractivity contribution in [3.63, 3.8) is 0 Å². The number of hydrogen-bond acceptors (Lipinski definition) is 3. The highest BCUT2D eigenvalue weighted by molar-refractivity contribution is 6.21. The van der Waals surface area contributed by atoms with E-state index in [1.807, 2.05) is 18.2 Å². The average Bonchev–Trinajstić information content (AvgIpc) is 3.49. The quantitative estimate of drug-likeness (QED) is 0.314. The first kappa shape index (κ1) is 18.8. The normalized spacial score (nSPS) is 11.5. The summed E-state index contributed by atoms with van der Waals surface area (Å²) in [5.41, 5.74) is 5.55. The predicted octanol–water partition coefficient (Wildman–Crippen LogP) is 6.58. The van der Waals surface area contributed by atoms with Crippen molar-refractivity contribution in [2.24, 2.45) is 0 Å². The largest absolute Gasteiger partial charge is 0.309 e. The Morgan fingerprint density at radius 3 is 2.32 bits per heavy atom. The zero-order chi connectivity index (χ0) is 22.5. The molecule has 7 rings (SSSR count). The topological polar surface area (TPSA) is 48.5 Å². The lowest BCUT2D eigenvalue weighted by Gasteiger charge is -2.09. The molecule has 0 radical (unpaired) electrons. The summed E-state index contributed by atoms with van der Waals surface area (Å²) in [4.78, 5) is 13.5. The zero-order valence-electron chi connectivity index (χ0n) is 18.2. The molecule has 3 aromatic carbocycles. The van der Waals surface area contributed by atoms with Crippen LogP contribution in [0.1, 0.15) is 0 Å². The number of pyridine rings is 1. The van der Waals surface area contributed by atoms with Crippen molar-refractivity contribution >= 4 is 32.7 Å². The van der Waals surface area contributed by atoms with E-state index in [0.29, 0.717) is 5.82 Å². The number of rotatable bonds is 3. The van der Waals surface area contributed by atoms with Crippen LogP contribution in [-0.4, -0.2) is 24.1 Å². The Morgan fingerprint density at radius 2 is 1.44 bits per heavy atom. The molecule has 160 valence electrons. The Bertz CT molecular complexity index is 1800. The van der Waals surface area contributed by atoms with Gasteiger partial charge in [-0.05, 0) is 54.6 Å². The van der Waals surface area contributed by atoms with E-state index in [4.69, 9.17) is 4.98 Å². The van der Waals surface area contributed by atoms with Gasteiger partial charge in [-0.15, -0.1) is 0 Å². The fourth-order valence-corrected chi connectivity index (χ4v) is 4.86. The highest BCUT2D eigenvalue weighted by atomic mass is 15.1. The molecule has 7 aromatic rings. The molecule has 0 atom stereocenters. The molecule has 0 fully saturated rings. The molecule has 0 aliphatic rings. The molecule has 0 amide bonds. The maximum atomic E-state index is 4.84. The first-order valence-corrected chi connectivity index (χ1v) is 11.2. The van der Waals surface area contributed by atoms with Gasteiger partial charge in [-0.2, -0.15) is 0 Å². The van der Waals surface area contributed by atoms with Gasteiger partial charge in [0.1, 0.15) is 5.82 Å². The van der Waals surface area contributed by atoms with Gasteiger partial charge < -0.3 is 9.13 Å². The van der Waals surface area contributed by atoms with Crippen LogP contribution in [0, 0.1) is 0 Å². The van der Waals surface area contributed by atoms with Gasteiger partial charge in [-0.25, -0.2) is 9.97 Å². The van der Waals surface area contributed by atoms with Crippen LogP contribution in [0.5, 0.6) is 0 Å². The smallest absolute Gasteiger partial charge is 0.163 e. The van der Waals surface area contributed by atoms with E-state index in [0.717, 1.165) is 22.6 Å². The lowest BCUT2D eigenvalue weighted by Crippen LogP contribution is -1.99. The van der Waals surface area contributed by atoms with Crippen molar-refractivity contribution in [3.05, 3.63) is 116 Å². The molecular formula is C29H19N5. The predicted molar refractivity (Wildman–Crippen MR) is 136 cm³/mol. The number of aromatic nitrogens is 5. The Morgan fingerprint density at radius 1 is 0.618 bits per heavy atom. The first-order chi connectivity index (χ1) is 16.9. The highest BCUT2D eigenvalue weighted by Gasteiger charge is 2.16. The third-order valence-electron chi connectivity index (χ3n) is 6.33. The number of fused-ring (bicyclic) bond motifs is 5. The van der Waals surface area contributed by atoms with Crippen LogP contribution in [0.2, 0.25) is 0 Å². The minimum Gasteiger partial charge on any atom is -0.309 e. The van der Waals surface area contributed by atoms with Gasteiger partial charge in [0.25, 0.3) is 0 Å². The maximum Gasteiger partial charge on any atom is 0.163 e. The summed E-state index contributed by atoms with van der Waals surface area (Å²) in [6.07, 6.45) is 7.43. The molecule has 4 aromatic heterocycles. The SMILES string of the molecule is c1ccc(-n2c3ccccc3c3c4ccn(-c5ccnc(-c6cccnc6)n5)c4ccc32)cc1. The van der Waals surface area contributed by atoms with Crippen molar-refractivity contribution in [1.29, 1.82) is 0 Å². The summed E-state index contributed by atoms with van der Waals surface area (Å²) in [5, 5.41) is 3.69. The molecule has 0 saturated carbocycles. The van der Waals surface area contributed by atoms with Crippen molar-refractivity contribution in [1.82, 2.24) is 24.1 Å². The van der Waals surface area contributed by atoms with Gasteiger partial charge in [0.2, 0.25) is 0 Å². The second kappa shape index (κ2) is 7.39. The molecule has 0 N–H and O–H groups in total. The Hall–Kier alpha value is -4.77. The average molecular weight is 438 g/mol. The summed E-state index contributed by atoms with van der Waals surface area (Å²) < 4.78 is 4.47. The monoisotopic (exact) mass is 437 g/mol. The number of para-hydroxylation sites is 2. The second-order valence-electron chi connectivity index (χ2n) is 8.25. The van der Waals surface area contributed by atoms with E-state index < -0.39 is 0 Å². The van der Waals surface area contributed by atoms with Crippen LogP contribution in [0.25, 0.3) is 55.6 Å². The summed E-state index contributed by atoms with van der Waals surface area (Å²) in [7, 11) is 0. The minimum absolute atomic E-state index is 0.661. The zero-order valence-corrected chi connectivity index (χ0v) is 18.2. The van der Waals surface area contributed by atoms with Gasteiger partial charge in [-0.3, -0.25) is 4.98 Å². The summed E-state index contributed by atoms with van der Waals surface area (Å²) >= 11 is 0. The Kier molecular flexibility index (Phi) is 4.08. The summed E-state index contributed by atoms with van der Waals surface area (Å²) in [6, 6.07) is 31.5. The van der Waals surface area contributed by atoms with Gasteiger partial charge in [0.05, 0.1) is 16.6 Å². The fraction of sp³-hybridized carbons (Fsp3) is 0. The van der Waals surface area contributed by atoms with Crippen molar-refractivity contribution < 1.29 is 0 Å². The molecule has 0 saturated heterocycles. The molecule has 0 spiro atoms. The fourth-order valence-electron chi connectivity index (χ4n) is 4.86. The van der Waals surface area contributed by atoms with E-state index in [1.165, 1.54) is 27.2 Å². The van der Waals surface area contributed by atoms with Gasteiger partial charge in [0.15, 0.2) is 5.82 Å². The molecule has 0 unspecified atom stereocenters. The van der Waals surface area contributed by atoms with Crippen molar-refractivity contribution in [2.75, 3.05) is 0 Å². The third kappa shape index (κ3) is 2.77. The number of hydrogen-bond donors (Lipinski definition) is 0.